The van der Waals surface area contributed by atoms with Crippen molar-refractivity contribution in [3.8, 4) is 17.2 Å². The van der Waals surface area contributed by atoms with Gasteiger partial charge < -0.3 is 14.8 Å². The Balaban J connectivity index is 1.23. The highest BCUT2D eigenvalue weighted by molar-refractivity contribution is 7.99. The third-order valence-corrected chi connectivity index (χ3v) is 9.19. The summed E-state index contributed by atoms with van der Waals surface area (Å²) in [6.07, 6.45) is 0.483. The highest BCUT2D eigenvalue weighted by Crippen LogP contribution is 2.35. The normalized spacial score (nSPS) is 14.2. The van der Waals surface area contributed by atoms with Crippen LogP contribution in [0.4, 0.5) is 8.78 Å². The second kappa shape index (κ2) is 14.1. The molecule has 0 saturated carbocycles. The van der Waals surface area contributed by atoms with Crippen LogP contribution in [0.1, 0.15) is 39.1 Å². The van der Waals surface area contributed by atoms with Crippen molar-refractivity contribution in [2.45, 2.75) is 24.2 Å². The van der Waals surface area contributed by atoms with E-state index >= 15 is 0 Å². The molecule has 0 spiro atoms. The number of nitrogens with one attached hydrogen (secondary N) is 1. The van der Waals surface area contributed by atoms with Crippen molar-refractivity contribution in [3.05, 3.63) is 118 Å². The SMILES string of the molecule is COc1cc(OC)cc(C(=O)NCc2nnc(SCC(=O)N3N=C(c4cccs4)CC3c3ccc(F)cc3)n2-c2ccc(F)cc2)c1. The van der Waals surface area contributed by atoms with Crippen LogP contribution in [0, 0.1) is 11.6 Å². The maximum Gasteiger partial charge on any atom is 0.253 e. The van der Waals surface area contributed by atoms with Crippen LogP contribution in [-0.4, -0.2) is 57.3 Å². The number of rotatable bonds is 11. The molecule has 10 nitrogen and oxygen atoms in total. The molecule has 2 amide bonds. The molecule has 2 aromatic heterocycles. The van der Waals surface area contributed by atoms with Gasteiger partial charge in [-0.3, -0.25) is 14.2 Å². The molecule has 1 aliphatic heterocycles. The highest BCUT2D eigenvalue weighted by Gasteiger charge is 2.33. The number of carbonyl (C=O) groups excluding carboxylic acids is 2. The Hall–Kier alpha value is -5.08. The molecular formula is C33H28F2N6O4S2. The van der Waals surface area contributed by atoms with Crippen LogP contribution >= 0.6 is 23.1 Å². The van der Waals surface area contributed by atoms with Crippen molar-refractivity contribution < 1.29 is 27.8 Å². The molecule has 6 rings (SSSR count). The number of thioether (sulfide) groups is 1. The van der Waals surface area contributed by atoms with Gasteiger partial charge in [0.15, 0.2) is 11.0 Å². The van der Waals surface area contributed by atoms with Crippen LogP contribution in [-0.2, 0) is 11.3 Å². The molecule has 0 aliphatic carbocycles. The summed E-state index contributed by atoms with van der Waals surface area (Å²) >= 11 is 2.66. The standard InChI is InChI=1S/C33H28F2N6O4S2/c1-44-25-14-21(15-26(16-25)45-2)32(43)36-18-30-37-38-33(40(30)24-11-9-23(35)10-12-24)47-19-31(42)41-28(20-5-7-22(34)8-6-20)17-27(39-41)29-4-3-13-46-29/h3-16,28H,17-19H2,1-2H3,(H,36,43). The number of halogens is 2. The number of methoxy groups -OCH3 is 2. The molecular weight excluding hydrogens is 647 g/mol. The summed E-state index contributed by atoms with van der Waals surface area (Å²) in [6, 6.07) is 20.1. The average Bonchev–Trinajstić information content (AvgIpc) is 3.87. The lowest BCUT2D eigenvalue weighted by Gasteiger charge is -2.22. The topological polar surface area (TPSA) is 111 Å². The molecule has 1 atom stereocenters. The van der Waals surface area contributed by atoms with Gasteiger partial charge in [-0.15, -0.1) is 21.5 Å². The van der Waals surface area contributed by atoms with E-state index in [1.54, 1.807) is 47.0 Å². The zero-order valence-corrected chi connectivity index (χ0v) is 26.9. The number of hydrazone groups is 1. The largest absolute Gasteiger partial charge is 0.497 e. The number of nitrogens with zero attached hydrogens (tertiary/aromatic N) is 5. The van der Waals surface area contributed by atoms with E-state index in [1.807, 2.05) is 17.5 Å². The number of thiophene rings is 1. The van der Waals surface area contributed by atoms with Gasteiger partial charge in [0.05, 0.1) is 43.1 Å². The smallest absolute Gasteiger partial charge is 0.253 e. The molecule has 5 aromatic rings. The zero-order chi connectivity index (χ0) is 32.9. The van der Waals surface area contributed by atoms with Gasteiger partial charge in [-0.25, -0.2) is 13.8 Å². The Kier molecular flexibility index (Phi) is 9.59. The van der Waals surface area contributed by atoms with Crippen molar-refractivity contribution in [3.63, 3.8) is 0 Å². The van der Waals surface area contributed by atoms with Crippen molar-refractivity contribution in [1.29, 1.82) is 0 Å². The molecule has 0 radical (unpaired) electrons. The van der Waals surface area contributed by atoms with Crippen LogP contribution in [0.5, 0.6) is 11.5 Å². The summed E-state index contributed by atoms with van der Waals surface area (Å²) in [7, 11) is 2.99. The Labute approximate surface area is 277 Å². The van der Waals surface area contributed by atoms with E-state index in [2.05, 4.69) is 20.6 Å². The van der Waals surface area contributed by atoms with E-state index in [-0.39, 0.29) is 24.0 Å². The first-order chi connectivity index (χ1) is 22.8. The number of amides is 2. The fraction of sp³-hybridized carbons (Fsp3) is 0.182. The fourth-order valence-electron chi connectivity index (χ4n) is 5.03. The van der Waals surface area contributed by atoms with Gasteiger partial charge in [-0.05, 0) is 65.5 Å². The predicted molar refractivity (Wildman–Crippen MR) is 174 cm³/mol. The second-order valence-electron chi connectivity index (χ2n) is 10.3. The van der Waals surface area contributed by atoms with Gasteiger partial charge in [-0.2, -0.15) is 5.10 Å². The minimum absolute atomic E-state index is 0.0233. The molecule has 240 valence electrons. The van der Waals surface area contributed by atoms with E-state index in [0.717, 1.165) is 27.9 Å². The molecule has 47 heavy (non-hydrogen) atoms. The van der Waals surface area contributed by atoms with E-state index in [9.17, 15) is 18.4 Å². The molecule has 0 bridgehead atoms. The molecule has 3 heterocycles. The first-order valence-corrected chi connectivity index (χ1v) is 16.2. The molecule has 1 N–H and O–H groups in total. The first-order valence-electron chi connectivity index (χ1n) is 14.4. The fourth-order valence-corrected chi connectivity index (χ4v) is 6.57. The first kappa shape index (κ1) is 31.9. The number of aromatic nitrogens is 3. The molecule has 14 heteroatoms. The second-order valence-corrected chi connectivity index (χ2v) is 12.2. The maximum absolute atomic E-state index is 13.8. The summed E-state index contributed by atoms with van der Waals surface area (Å²) in [5.41, 5.74) is 2.40. The number of hydrogen-bond donors (Lipinski definition) is 1. The number of carbonyl (C=O) groups is 2. The third-order valence-electron chi connectivity index (χ3n) is 7.36. The van der Waals surface area contributed by atoms with Crippen molar-refractivity contribution in [2.24, 2.45) is 5.10 Å². The van der Waals surface area contributed by atoms with Crippen LogP contribution < -0.4 is 14.8 Å². The Morgan fingerprint density at radius 2 is 1.64 bits per heavy atom. The molecule has 1 aliphatic rings. The monoisotopic (exact) mass is 674 g/mol. The van der Waals surface area contributed by atoms with Gasteiger partial charge in [0, 0.05) is 23.7 Å². The van der Waals surface area contributed by atoms with Crippen molar-refractivity contribution in [1.82, 2.24) is 25.1 Å². The lowest BCUT2D eigenvalue weighted by molar-refractivity contribution is -0.130. The Morgan fingerprint density at radius 3 is 2.28 bits per heavy atom. The van der Waals surface area contributed by atoms with Gasteiger partial charge in [0.25, 0.3) is 11.8 Å². The number of hydrogen-bond acceptors (Lipinski definition) is 9. The summed E-state index contributed by atoms with van der Waals surface area (Å²) in [5, 5.41) is 19.8. The summed E-state index contributed by atoms with van der Waals surface area (Å²) in [5.74, 6) is -0.250. The van der Waals surface area contributed by atoms with Crippen LogP contribution in [0.25, 0.3) is 5.69 Å². The third kappa shape index (κ3) is 7.18. The summed E-state index contributed by atoms with van der Waals surface area (Å²) < 4.78 is 39.8. The summed E-state index contributed by atoms with van der Waals surface area (Å²) in [6.45, 7) is -0.0233. The van der Waals surface area contributed by atoms with E-state index in [4.69, 9.17) is 9.47 Å². The average molecular weight is 675 g/mol. The van der Waals surface area contributed by atoms with E-state index in [0.29, 0.717) is 40.2 Å². The van der Waals surface area contributed by atoms with Crippen LogP contribution in [0.2, 0.25) is 0 Å². The molecule has 1 unspecified atom stereocenters. The highest BCUT2D eigenvalue weighted by atomic mass is 32.2. The summed E-state index contributed by atoms with van der Waals surface area (Å²) in [4.78, 5) is 27.7. The Morgan fingerprint density at radius 1 is 0.957 bits per heavy atom. The lowest BCUT2D eigenvalue weighted by atomic mass is 10.0. The van der Waals surface area contributed by atoms with E-state index < -0.39 is 17.8 Å². The predicted octanol–water partition coefficient (Wildman–Crippen LogP) is 6.02. The molecule has 0 fully saturated rings. The minimum atomic E-state index is -0.423. The van der Waals surface area contributed by atoms with Gasteiger partial charge in [0.1, 0.15) is 23.1 Å². The van der Waals surface area contributed by atoms with Gasteiger partial charge in [-0.1, -0.05) is 30.0 Å². The van der Waals surface area contributed by atoms with Crippen molar-refractivity contribution >= 4 is 40.6 Å². The lowest BCUT2D eigenvalue weighted by Crippen LogP contribution is -2.28. The zero-order valence-electron chi connectivity index (χ0n) is 25.2. The maximum atomic E-state index is 13.8. The molecule has 3 aromatic carbocycles. The van der Waals surface area contributed by atoms with Gasteiger partial charge >= 0.3 is 0 Å². The van der Waals surface area contributed by atoms with E-state index in [1.165, 1.54) is 54.8 Å². The van der Waals surface area contributed by atoms with Crippen LogP contribution in [0.3, 0.4) is 0 Å². The molecule has 0 saturated heterocycles. The Bertz CT molecular complexity index is 1890. The van der Waals surface area contributed by atoms with Gasteiger partial charge in [0.2, 0.25) is 0 Å². The number of benzene rings is 3. The van der Waals surface area contributed by atoms with Crippen molar-refractivity contribution in [2.75, 3.05) is 20.0 Å². The number of ether oxygens (including phenoxy) is 2. The van der Waals surface area contributed by atoms with Crippen LogP contribution in [0.15, 0.2) is 94.5 Å². The minimum Gasteiger partial charge on any atom is -0.497 e. The quantitative estimate of drug-likeness (QED) is 0.171.